The third kappa shape index (κ3) is 3.47. The summed E-state index contributed by atoms with van der Waals surface area (Å²) in [4.78, 5) is 19.1. The Morgan fingerprint density at radius 2 is 2.03 bits per heavy atom. The first-order chi connectivity index (χ1) is 14.1. The minimum absolute atomic E-state index is 0.0373. The number of benzene rings is 1. The molecular formula is C20H27N5O4S. The molecule has 2 atom stereocenters. The van der Waals surface area contributed by atoms with Crippen LogP contribution in [0.1, 0.15) is 29.8 Å². The SMILES string of the molecule is CCS(=O)(=O)N1C[C@@H]2CN(C(=O)Nc3ccc(C)cc3C)C[C@]2(c2nc(C)no2)C1. The van der Waals surface area contributed by atoms with Crippen LogP contribution in [0.25, 0.3) is 0 Å². The maximum atomic E-state index is 13.0. The van der Waals surface area contributed by atoms with Crippen LogP contribution in [-0.2, 0) is 15.4 Å². The number of anilines is 1. The lowest BCUT2D eigenvalue weighted by atomic mass is 9.81. The summed E-state index contributed by atoms with van der Waals surface area (Å²) in [6, 6.07) is 5.66. The highest BCUT2D eigenvalue weighted by molar-refractivity contribution is 7.89. The van der Waals surface area contributed by atoms with Crippen molar-refractivity contribution in [2.24, 2.45) is 5.92 Å². The highest BCUT2D eigenvalue weighted by atomic mass is 32.2. The number of amides is 2. The number of rotatable bonds is 4. The predicted octanol–water partition coefficient (Wildman–Crippen LogP) is 2.06. The van der Waals surface area contributed by atoms with Gasteiger partial charge in [-0.3, -0.25) is 0 Å². The number of likely N-dealkylation sites (tertiary alicyclic amines) is 1. The third-order valence-electron chi connectivity index (χ3n) is 6.20. The zero-order valence-corrected chi connectivity index (χ0v) is 18.5. The summed E-state index contributed by atoms with van der Waals surface area (Å²) in [5, 5.41) is 6.89. The topological polar surface area (TPSA) is 109 Å². The zero-order chi connectivity index (χ0) is 21.7. The fourth-order valence-electron chi connectivity index (χ4n) is 4.52. The molecule has 1 N–H and O–H groups in total. The van der Waals surface area contributed by atoms with Crippen molar-refractivity contribution in [3.8, 4) is 0 Å². The molecule has 0 saturated carbocycles. The molecule has 9 nitrogen and oxygen atoms in total. The molecule has 2 fully saturated rings. The molecule has 0 radical (unpaired) electrons. The first-order valence-electron chi connectivity index (χ1n) is 10.1. The van der Waals surface area contributed by atoms with E-state index in [1.54, 1.807) is 18.7 Å². The minimum Gasteiger partial charge on any atom is -0.339 e. The first-order valence-corrected chi connectivity index (χ1v) is 11.7. The number of hydrogen-bond donors (Lipinski definition) is 1. The Morgan fingerprint density at radius 3 is 2.67 bits per heavy atom. The Bertz CT molecular complexity index is 1080. The van der Waals surface area contributed by atoms with Crippen molar-refractivity contribution in [1.29, 1.82) is 0 Å². The van der Waals surface area contributed by atoms with Crippen molar-refractivity contribution in [1.82, 2.24) is 19.3 Å². The second kappa shape index (κ2) is 7.35. The number of sulfonamides is 1. The second-order valence-electron chi connectivity index (χ2n) is 8.32. The van der Waals surface area contributed by atoms with Crippen LogP contribution in [0.5, 0.6) is 0 Å². The standard InChI is InChI=1S/C20H27N5O4S/c1-5-30(27,28)25-10-16-9-24(11-20(16,12-25)18-21-15(4)23-29-18)19(26)22-17-7-6-13(2)8-14(17)3/h6-8,16H,5,9-12H2,1-4H3,(H,22,26)/t16-,20-/m0/s1. The summed E-state index contributed by atoms with van der Waals surface area (Å²) in [5.74, 6) is 0.826. The van der Waals surface area contributed by atoms with Crippen molar-refractivity contribution in [3.05, 3.63) is 41.0 Å². The molecule has 3 heterocycles. The Hall–Kier alpha value is -2.46. The molecule has 1 aromatic carbocycles. The number of carbonyl (C=O) groups excluding carboxylic acids is 1. The van der Waals surface area contributed by atoms with Crippen LogP contribution in [0.4, 0.5) is 10.5 Å². The molecule has 0 bridgehead atoms. The summed E-state index contributed by atoms with van der Waals surface area (Å²) < 4.78 is 32.0. The van der Waals surface area contributed by atoms with Gasteiger partial charge in [0.2, 0.25) is 15.9 Å². The fraction of sp³-hybridized carbons (Fsp3) is 0.550. The Morgan fingerprint density at radius 1 is 1.27 bits per heavy atom. The van der Waals surface area contributed by atoms with Crippen molar-refractivity contribution in [3.63, 3.8) is 0 Å². The van der Waals surface area contributed by atoms with Crippen LogP contribution in [0.2, 0.25) is 0 Å². The Kier molecular flexibility index (Phi) is 5.09. The maximum absolute atomic E-state index is 13.0. The van der Waals surface area contributed by atoms with E-state index in [0.717, 1.165) is 16.8 Å². The zero-order valence-electron chi connectivity index (χ0n) is 17.7. The molecule has 4 rings (SSSR count). The lowest BCUT2D eigenvalue weighted by Gasteiger charge is -2.26. The van der Waals surface area contributed by atoms with E-state index in [-0.39, 0.29) is 24.2 Å². The van der Waals surface area contributed by atoms with Crippen molar-refractivity contribution >= 4 is 21.7 Å². The average molecular weight is 434 g/mol. The molecule has 162 valence electrons. The maximum Gasteiger partial charge on any atom is 0.321 e. The van der Waals surface area contributed by atoms with Gasteiger partial charge in [0, 0.05) is 37.8 Å². The first kappa shape index (κ1) is 20.8. The third-order valence-corrected chi connectivity index (χ3v) is 7.99. The highest BCUT2D eigenvalue weighted by Crippen LogP contribution is 2.45. The normalized spacial score (nSPS) is 24.3. The van der Waals surface area contributed by atoms with Gasteiger partial charge < -0.3 is 14.7 Å². The van der Waals surface area contributed by atoms with E-state index in [1.807, 2.05) is 32.0 Å². The molecule has 10 heteroatoms. The number of fused-ring (bicyclic) bond motifs is 1. The summed E-state index contributed by atoms with van der Waals surface area (Å²) >= 11 is 0. The van der Waals surface area contributed by atoms with Crippen LogP contribution in [-0.4, -0.2) is 65.7 Å². The molecule has 30 heavy (non-hydrogen) atoms. The fourth-order valence-corrected chi connectivity index (χ4v) is 5.72. The summed E-state index contributed by atoms with van der Waals surface area (Å²) in [6.45, 7) is 8.65. The van der Waals surface area contributed by atoms with Gasteiger partial charge in [-0.1, -0.05) is 22.9 Å². The molecule has 2 aliphatic rings. The van der Waals surface area contributed by atoms with Gasteiger partial charge in [-0.15, -0.1) is 0 Å². The number of carbonyl (C=O) groups is 1. The number of hydrogen-bond acceptors (Lipinski definition) is 6. The molecule has 2 saturated heterocycles. The van der Waals surface area contributed by atoms with Crippen LogP contribution >= 0.6 is 0 Å². The molecular weight excluding hydrogens is 406 g/mol. The van der Waals surface area contributed by atoms with Crippen LogP contribution in [0.3, 0.4) is 0 Å². The number of nitrogens with zero attached hydrogens (tertiary/aromatic N) is 4. The van der Waals surface area contributed by atoms with E-state index in [2.05, 4.69) is 15.5 Å². The monoisotopic (exact) mass is 433 g/mol. The number of aromatic nitrogens is 2. The van der Waals surface area contributed by atoms with E-state index in [4.69, 9.17) is 4.52 Å². The summed E-state index contributed by atoms with van der Waals surface area (Å²) in [5.41, 5.74) is 2.19. The van der Waals surface area contributed by atoms with E-state index in [1.165, 1.54) is 4.31 Å². The highest BCUT2D eigenvalue weighted by Gasteiger charge is 2.59. The molecule has 2 aromatic rings. The molecule has 0 spiro atoms. The van der Waals surface area contributed by atoms with Gasteiger partial charge in [-0.2, -0.15) is 4.98 Å². The van der Waals surface area contributed by atoms with E-state index >= 15 is 0 Å². The number of aryl methyl sites for hydroxylation is 3. The average Bonchev–Trinajstić information content (AvgIpc) is 3.36. The number of urea groups is 1. The van der Waals surface area contributed by atoms with Gasteiger partial charge in [0.05, 0.1) is 11.2 Å². The molecule has 0 aliphatic carbocycles. The summed E-state index contributed by atoms with van der Waals surface area (Å²) in [7, 11) is -3.35. The number of nitrogens with one attached hydrogen (secondary N) is 1. The van der Waals surface area contributed by atoms with Crippen LogP contribution in [0.15, 0.2) is 22.7 Å². The largest absolute Gasteiger partial charge is 0.339 e. The Balaban J connectivity index is 1.60. The van der Waals surface area contributed by atoms with Crippen molar-refractivity contribution < 1.29 is 17.7 Å². The second-order valence-corrected chi connectivity index (χ2v) is 10.6. The molecule has 2 amide bonds. The van der Waals surface area contributed by atoms with Gasteiger partial charge in [-0.05, 0) is 39.3 Å². The molecule has 1 aromatic heterocycles. The predicted molar refractivity (Wildman–Crippen MR) is 112 cm³/mol. The van der Waals surface area contributed by atoms with E-state index in [0.29, 0.717) is 31.3 Å². The van der Waals surface area contributed by atoms with E-state index < -0.39 is 15.4 Å². The lowest BCUT2D eigenvalue weighted by molar-refractivity contribution is 0.212. The van der Waals surface area contributed by atoms with Gasteiger partial charge >= 0.3 is 6.03 Å². The van der Waals surface area contributed by atoms with Gasteiger partial charge in [0.25, 0.3) is 0 Å². The van der Waals surface area contributed by atoms with Crippen LogP contribution < -0.4 is 5.32 Å². The van der Waals surface area contributed by atoms with Crippen molar-refractivity contribution in [2.75, 3.05) is 37.2 Å². The summed E-state index contributed by atoms with van der Waals surface area (Å²) in [6.07, 6.45) is 0. The van der Waals surface area contributed by atoms with Gasteiger partial charge in [-0.25, -0.2) is 17.5 Å². The Labute approximate surface area is 176 Å². The smallest absolute Gasteiger partial charge is 0.321 e. The van der Waals surface area contributed by atoms with Crippen molar-refractivity contribution in [2.45, 2.75) is 33.1 Å². The van der Waals surface area contributed by atoms with E-state index in [9.17, 15) is 13.2 Å². The van der Waals surface area contributed by atoms with Gasteiger partial charge in [0.1, 0.15) is 0 Å². The van der Waals surface area contributed by atoms with Crippen LogP contribution in [0, 0.1) is 26.7 Å². The molecule has 0 unspecified atom stereocenters. The minimum atomic E-state index is -3.35. The molecule has 2 aliphatic heterocycles. The van der Waals surface area contributed by atoms with Gasteiger partial charge in [0.15, 0.2) is 5.82 Å². The quantitative estimate of drug-likeness (QED) is 0.791. The lowest BCUT2D eigenvalue weighted by Crippen LogP contribution is -2.42.